The second-order valence-corrected chi connectivity index (χ2v) is 9.39. The highest BCUT2D eigenvalue weighted by Crippen LogP contribution is 2.47. The lowest BCUT2D eigenvalue weighted by Crippen LogP contribution is -1.97. The van der Waals surface area contributed by atoms with Crippen molar-refractivity contribution in [2.75, 3.05) is 0 Å². The van der Waals surface area contributed by atoms with Crippen molar-refractivity contribution in [1.29, 1.82) is 0 Å². The molecule has 1 aliphatic heterocycles. The van der Waals surface area contributed by atoms with Crippen LogP contribution in [0.5, 0.6) is 11.5 Å². The highest BCUT2D eigenvalue weighted by molar-refractivity contribution is 6.10. The number of ether oxygens (including phenoxy) is 1. The van der Waals surface area contributed by atoms with Gasteiger partial charge < -0.3 is 9.30 Å². The minimum absolute atomic E-state index is 0.907. The van der Waals surface area contributed by atoms with Crippen molar-refractivity contribution in [3.63, 3.8) is 0 Å². The molecule has 0 saturated carbocycles. The minimum Gasteiger partial charge on any atom is -0.456 e. The van der Waals surface area contributed by atoms with E-state index in [0.717, 1.165) is 17.1 Å². The molecule has 0 amide bonds. The van der Waals surface area contributed by atoms with Crippen molar-refractivity contribution in [3.8, 4) is 39.4 Å². The number of hydrogen-bond acceptors (Lipinski definition) is 1. The zero-order chi connectivity index (χ0) is 23.6. The molecule has 7 aromatic rings. The third-order valence-electron chi connectivity index (χ3n) is 7.38. The Balaban J connectivity index is 1.36. The quantitative estimate of drug-likeness (QED) is 0.251. The van der Waals surface area contributed by atoms with Crippen LogP contribution in [-0.2, 0) is 0 Å². The maximum atomic E-state index is 6.32. The SMILES string of the molecule is c1ccc(-n2c3ccccc3c3ccc(-c4ccc5c(c4)-c4cccc6cccc(c46)O5)cc32)cc1. The van der Waals surface area contributed by atoms with Crippen LogP contribution in [0.4, 0.5) is 0 Å². The molecule has 0 fully saturated rings. The fourth-order valence-electron chi connectivity index (χ4n) is 5.75. The van der Waals surface area contributed by atoms with Gasteiger partial charge in [-0.2, -0.15) is 0 Å². The molecule has 36 heavy (non-hydrogen) atoms. The minimum atomic E-state index is 0.907. The number of rotatable bonds is 2. The Morgan fingerprint density at radius 2 is 1.22 bits per heavy atom. The smallest absolute Gasteiger partial charge is 0.135 e. The topological polar surface area (TPSA) is 14.2 Å². The zero-order valence-corrected chi connectivity index (χ0v) is 19.5. The summed E-state index contributed by atoms with van der Waals surface area (Å²) in [6, 6.07) is 45.4. The van der Waals surface area contributed by atoms with E-state index in [4.69, 9.17) is 4.74 Å². The highest BCUT2D eigenvalue weighted by atomic mass is 16.5. The lowest BCUT2D eigenvalue weighted by molar-refractivity contribution is 0.487. The maximum Gasteiger partial charge on any atom is 0.135 e. The fourth-order valence-corrected chi connectivity index (χ4v) is 5.75. The van der Waals surface area contributed by atoms with Gasteiger partial charge in [-0.15, -0.1) is 0 Å². The first kappa shape index (κ1) is 19.5. The lowest BCUT2D eigenvalue weighted by atomic mass is 9.92. The van der Waals surface area contributed by atoms with Crippen LogP contribution >= 0.6 is 0 Å². The largest absolute Gasteiger partial charge is 0.456 e. The summed E-state index contributed by atoms with van der Waals surface area (Å²) in [4.78, 5) is 0. The third kappa shape index (κ3) is 2.73. The van der Waals surface area contributed by atoms with E-state index < -0.39 is 0 Å². The highest BCUT2D eigenvalue weighted by Gasteiger charge is 2.20. The van der Waals surface area contributed by atoms with Crippen LogP contribution in [0.2, 0.25) is 0 Å². The normalized spacial score (nSPS) is 12.1. The molecule has 2 nitrogen and oxygen atoms in total. The van der Waals surface area contributed by atoms with Gasteiger partial charge in [0.2, 0.25) is 0 Å². The van der Waals surface area contributed by atoms with Crippen molar-refractivity contribution >= 4 is 32.6 Å². The molecule has 2 heteroatoms. The predicted octanol–water partition coefficient (Wildman–Crippen LogP) is 9.38. The Labute approximate surface area is 208 Å². The molecule has 1 aliphatic rings. The van der Waals surface area contributed by atoms with E-state index in [0.29, 0.717) is 0 Å². The van der Waals surface area contributed by atoms with Gasteiger partial charge in [-0.05, 0) is 64.5 Å². The molecule has 1 aromatic heterocycles. The molecule has 2 heterocycles. The molecule has 0 unspecified atom stereocenters. The lowest BCUT2D eigenvalue weighted by Gasteiger charge is -2.22. The first-order valence-corrected chi connectivity index (χ1v) is 12.3. The average Bonchev–Trinajstić information content (AvgIpc) is 3.27. The van der Waals surface area contributed by atoms with Crippen LogP contribution in [0.1, 0.15) is 0 Å². The second-order valence-electron chi connectivity index (χ2n) is 9.39. The number of benzene rings is 6. The molecule has 8 rings (SSSR count). The van der Waals surface area contributed by atoms with Crippen LogP contribution < -0.4 is 4.74 Å². The standard InChI is InChI=1S/C34H21NO/c1-2-10-25(11-3-1)35-30-14-5-4-12-26(30)27-18-16-24(21-31(27)35)23-17-19-32-29(20-23)28-13-6-8-22-9-7-15-33(36-32)34(22)28/h1-21H. The summed E-state index contributed by atoms with van der Waals surface area (Å²) in [6.45, 7) is 0. The number of fused-ring (bicyclic) bond motifs is 5. The second kappa shape index (κ2) is 7.34. The molecule has 0 atom stereocenters. The van der Waals surface area contributed by atoms with Crippen LogP contribution in [0.25, 0.3) is 60.5 Å². The Kier molecular flexibility index (Phi) is 3.97. The zero-order valence-electron chi connectivity index (χ0n) is 19.5. The summed E-state index contributed by atoms with van der Waals surface area (Å²) in [5.74, 6) is 1.83. The summed E-state index contributed by atoms with van der Waals surface area (Å²) in [7, 11) is 0. The van der Waals surface area contributed by atoms with E-state index in [2.05, 4.69) is 132 Å². The molecular formula is C34H21NO. The van der Waals surface area contributed by atoms with Crippen LogP contribution in [0.15, 0.2) is 127 Å². The Morgan fingerprint density at radius 1 is 0.472 bits per heavy atom. The van der Waals surface area contributed by atoms with Gasteiger partial charge in [-0.25, -0.2) is 0 Å². The van der Waals surface area contributed by atoms with Crippen molar-refractivity contribution in [2.45, 2.75) is 0 Å². The van der Waals surface area contributed by atoms with E-state index in [1.165, 1.54) is 55.0 Å². The predicted molar refractivity (Wildman–Crippen MR) is 149 cm³/mol. The molecule has 0 aliphatic carbocycles. The molecule has 168 valence electrons. The summed E-state index contributed by atoms with van der Waals surface area (Å²) in [6.07, 6.45) is 0. The van der Waals surface area contributed by atoms with Crippen molar-refractivity contribution in [3.05, 3.63) is 127 Å². The molecule has 0 N–H and O–H groups in total. The number of para-hydroxylation sites is 2. The Hall–Kier alpha value is -4.82. The van der Waals surface area contributed by atoms with Gasteiger partial charge in [0, 0.05) is 27.4 Å². The summed E-state index contributed by atoms with van der Waals surface area (Å²) in [5.41, 5.74) is 8.34. The van der Waals surface area contributed by atoms with E-state index in [1.807, 2.05) is 0 Å². The van der Waals surface area contributed by atoms with Gasteiger partial charge in [0.05, 0.1) is 11.0 Å². The number of hydrogen-bond donors (Lipinski definition) is 0. The van der Waals surface area contributed by atoms with Crippen LogP contribution in [0.3, 0.4) is 0 Å². The molecule has 0 bridgehead atoms. The van der Waals surface area contributed by atoms with Crippen LogP contribution in [0, 0.1) is 0 Å². The molecule has 0 radical (unpaired) electrons. The molecule has 6 aromatic carbocycles. The molecule has 0 saturated heterocycles. The molecule has 0 spiro atoms. The van der Waals surface area contributed by atoms with Crippen molar-refractivity contribution in [2.24, 2.45) is 0 Å². The first-order chi connectivity index (χ1) is 17.8. The number of aromatic nitrogens is 1. The van der Waals surface area contributed by atoms with E-state index in [-0.39, 0.29) is 0 Å². The third-order valence-corrected chi connectivity index (χ3v) is 7.38. The van der Waals surface area contributed by atoms with Gasteiger partial charge in [-0.3, -0.25) is 0 Å². The summed E-state index contributed by atoms with van der Waals surface area (Å²) < 4.78 is 8.69. The fraction of sp³-hybridized carbons (Fsp3) is 0. The summed E-state index contributed by atoms with van der Waals surface area (Å²) >= 11 is 0. The molecular weight excluding hydrogens is 438 g/mol. The van der Waals surface area contributed by atoms with E-state index in [1.54, 1.807) is 0 Å². The van der Waals surface area contributed by atoms with Crippen LogP contribution in [-0.4, -0.2) is 4.57 Å². The average molecular weight is 460 g/mol. The van der Waals surface area contributed by atoms with Crippen molar-refractivity contribution < 1.29 is 4.74 Å². The van der Waals surface area contributed by atoms with Gasteiger partial charge in [-0.1, -0.05) is 84.9 Å². The van der Waals surface area contributed by atoms with Crippen molar-refractivity contribution in [1.82, 2.24) is 4.57 Å². The van der Waals surface area contributed by atoms with Gasteiger partial charge >= 0.3 is 0 Å². The number of nitrogens with zero attached hydrogens (tertiary/aromatic N) is 1. The van der Waals surface area contributed by atoms with Gasteiger partial charge in [0.15, 0.2) is 0 Å². The van der Waals surface area contributed by atoms with Gasteiger partial charge in [0.25, 0.3) is 0 Å². The first-order valence-electron chi connectivity index (χ1n) is 12.3. The van der Waals surface area contributed by atoms with Gasteiger partial charge in [0.1, 0.15) is 11.5 Å². The maximum absolute atomic E-state index is 6.32. The Morgan fingerprint density at radius 3 is 2.14 bits per heavy atom. The van der Waals surface area contributed by atoms with E-state index >= 15 is 0 Å². The Bertz CT molecular complexity index is 1960. The van der Waals surface area contributed by atoms with E-state index in [9.17, 15) is 0 Å². The monoisotopic (exact) mass is 459 g/mol. The summed E-state index contributed by atoms with van der Waals surface area (Å²) in [5, 5.41) is 4.92.